The minimum absolute atomic E-state index is 0.0399. The molecule has 134 valence electrons. The Labute approximate surface area is 147 Å². The molecule has 0 saturated heterocycles. The van der Waals surface area contributed by atoms with Gasteiger partial charge in [-0.15, -0.1) is 0 Å². The van der Waals surface area contributed by atoms with Crippen molar-refractivity contribution in [3.05, 3.63) is 47.6 Å². The monoisotopic (exact) mass is 358 g/mol. The number of hydrogen-bond acceptors (Lipinski definition) is 8. The molecule has 26 heavy (non-hydrogen) atoms. The molecule has 8 nitrogen and oxygen atoms in total. The Bertz CT molecular complexity index is 739. The van der Waals surface area contributed by atoms with Crippen LogP contribution in [0.2, 0.25) is 0 Å². The molecular formula is C18H14O8. The maximum Gasteiger partial charge on any atom is 0.342 e. The van der Waals surface area contributed by atoms with Crippen LogP contribution in [0.1, 0.15) is 12.8 Å². The van der Waals surface area contributed by atoms with Gasteiger partial charge in [0.25, 0.3) is 0 Å². The van der Waals surface area contributed by atoms with Gasteiger partial charge >= 0.3 is 11.9 Å². The summed E-state index contributed by atoms with van der Waals surface area (Å²) in [7, 11) is 0. The highest BCUT2D eigenvalue weighted by Gasteiger charge is 2.23. The van der Waals surface area contributed by atoms with E-state index in [0.29, 0.717) is 12.8 Å². The molecule has 2 aliphatic carbocycles. The topological polar surface area (TPSA) is 121 Å². The van der Waals surface area contributed by atoms with Gasteiger partial charge < -0.3 is 9.47 Å². The smallest absolute Gasteiger partial charge is 0.342 e. The SMILES string of the molecule is O=C1C=CC(=O)C(C(=O)OCCCCOC(=O)C2=CC(=O)C=CC2=O)=C1. The van der Waals surface area contributed by atoms with Crippen LogP contribution in [0.3, 0.4) is 0 Å². The van der Waals surface area contributed by atoms with Crippen LogP contribution in [0.4, 0.5) is 0 Å². The molecule has 0 amide bonds. The number of ketones is 4. The van der Waals surface area contributed by atoms with Crippen molar-refractivity contribution < 1.29 is 38.2 Å². The van der Waals surface area contributed by atoms with E-state index in [4.69, 9.17) is 9.47 Å². The second-order valence-electron chi connectivity index (χ2n) is 5.29. The lowest BCUT2D eigenvalue weighted by atomic mass is 10.0. The molecule has 0 aromatic heterocycles. The predicted molar refractivity (Wildman–Crippen MR) is 85.6 cm³/mol. The number of ether oxygens (including phenoxy) is 2. The van der Waals surface area contributed by atoms with Crippen molar-refractivity contribution in [2.45, 2.75) is 12.8 Å². The van der Waals surface area contributed by atoms with Gasteiger partial charge in [-0.05, 0) is 37.1 Å². The summed E-state index contributed by atoms with van der Waals surface area (Å²) in [6.45, 7) is -0.0798. The summed E-state index contributed by atoms with van der Waals surface area (Å²) in [5.41, 5.74) is -0.659. The maximum atomic E-state index is 11.7. The molecule has 8 heteroatoms. The molecular weight excluding hydrogens is 344 g/mol. The summed E-state index contributed by atoms with van der Waals surface area (Å²) < 4.78 is 9.76. The lowest BCUT2D eigenvalue weighted by Gasteiger charge is -2.09. The fourth-order valence-corrected chi connectivity index (χ4v) is 2.03. The molecule has 0 aromatic carbocycles. The van der Waals surface area contributed by atoms with Crippen molar-refractivity contribution in [3.8, 4) is 0 Å². The molecule has 0 aromatic rings. The highest BCUT2D eigenvalue weighted by Crippen LogP contribution is 2.09. The number of allylic oxidation sites excluding steroid dienone is 6. The van der Waals surface area contributed by atoms with Gasteiger partial charge in [-0.1, -0.05) is 0 Å². The first-order chi connectivity index (χ1) is 12.4. The van der Waals surface area contributed by atoms with Gasteiger partial charge in [0.15, 0.2) is 23.1 Å². The van der Waals surface area contributed by atoms with E-state index in [1.54, 1.807) is 0 Å². The fraction of sp³-hybridized carbons (Fsp3) is 0.222. The number of hydrogen-bond donors (Lipinski definition) is 0. The van der Waals surface area contributed by atoms with Gasteiger partial charge in [0.2, 0.25) is 0 Å². The van der Waals surface area contributed by atoms with Crippen LogP contribution in [0.5, 0.6) is 0 Å². The van der Waals surface area contributed by atoms with Gasteiger partial charge in [-0.3, -0.25) is 19.2 Å². The molecule has 0 fully saturated rings. The van der Waals surface area contributed by atoms with Crippen molar-refractivity contribution in [2.24, 2.45) is 0 Å². The average molecular weight is 358 g/mol. The van der Waals surface area contributed by atoms with E-state index in [2.05, 4.69) is 0 Å². The zero-order chi connectivity index (χ0) is 19.1. The van der Waals surface area contributed by atoms with Crippen molar-refractivity contribution in [1.82, 2.24) is 0 Å². The van der Waals surface area contributed by atoms with Crippen LogP contribution in [0.15, 0.2) is 47.6 Å². The highest BCUT2D eigenvalue weighted by molar-refractivity contribution is 6.29. The molecule has 0 bridgehead atoms. The Balaban J connectivity index is 1.67. The molecule has 0 unspecified atom stereocenters. The van der Waals surface area contributed by atoms with Crippen molar-refractivity contribution >= 4 is 35.1 Å². The molecule has 0 heterocycles. The molecule has 0 radical (unpaired) electrons. The van der Waals surface area contributed by atoms with Crippen LogP contribution in [0, 0.1) is 0 Å². The third-order valence-corrected chi connectivity index (χ3v) is 3.35. The van der Waals surface area contributed by atoms with E-state index in [1.807, 2.05) is 0 Å². The molecule has 0 aliphatic heterocycles. The summed E-state index contributed by atoms with van der Waals surface area (Å²) >= 11 is 0. The van der Waals surface area contributed by atoms with Crippen molar-refractivity contribution in [3.63, 3.8) is 0 Å². The normalized spacial score (nSPS) is 16.3. The molecule has 2 aliphatic rings. The predicted octanol–water partition coefficient (Wildman–Crippen LogP) is 0.122. The summed E-state index contributed by atoms with van der Waals surface area (Å²) in [5.74, 6) is -3.93. The van der Waals surface area contributed by atoms with Crippen molar-refractivity contribution in [1.29, 1.82) is 0 Å². The van der Waals surface area contributed by atoms with Gasteiger partial charge in [-0.25, -0.2) is 9.59 Å². The van der Waals surface area contributed by atoms with Crippen LogP contribution in [-0.2, 0) is 38.2 Å². The Morgan fingerprint density at radius 1 is 0.654 bits per heavy atom. The minimum Gasteiger partial charge on any atom is -0.462 e. The van der Waals surface area contributed by atoms with E-state index in [9.17, 15) is 28.8 Å². The standard InChI is InChI=1S/C18H14O8/c19-11-3-5-15(21)13(9-11)17(23)25-7-1-2-8-26-18(24)14-10-12(20)4-6-16(14)22/h3-6,9-10H,1-2,7-8H2. The molecule has 0 atom stereocenters. The van der Waals surface area contributed by atoms with E-state index in [0.717, 1.165) is 36.5 Å². The van der Waals surface area contributed by atoms with E-state index in [-0.39, 0.29) is 24.4 Å². The summed E-state index contributed by atoms with van der Waals surface area (Å²) in [5, 5.41) is 0. The number of carbonyl (C=O) groups is 6. The third kappa shape index (κ3) is 5.04. The van der Waals surface area contributed by atoms with Crippen LogP contribution < -0.4 is 0 Å². The second kappa shape index (κ2) is 8.61. The Morgan fingerprint density at radius 3 is 1.42 bits per heavy atom. The zero-order valence-corrected chi connectivity index (χ0v) is 13.6. The van der Waals surface area contributed by atoms with Gasteiger partial charge in [0, 0.05) is 12.2 Å². The fourth-order valence-electron chi connectivity index (χ4n) is 2.03. The summed E-state index contributed by atoms with van der Waals surface area (Å²) in [4.78, 5) is 68.6. The number of esters is 2. The van der Waals surface area contributed by atoms with Crippen LogP contribution in [-0.4, -0.2) is 48.3 Å². The molecule has 0 saturated carbocycles. The zero-order valence-electron chi connectivity index (χ0n) is 13.6. The second-order valence-corrected chi connectivity index (χ2v) is 5.29. The van der Waals surface area contributed by atoms with Gasteiger partial charge in [-0.2, -0.15) is 0 Å². The van der Waals surface area contributed by atoms with Gasteiger partial charge in [0.05, 0.1) is 13.2 Å². The minimum atomic E-state index is -0.895. The van der Waals surface area contributed by atoms with E-state index >= 15 is 0 Å². The first-order valence-corrected chi connectivity index (χ1v) is 7.69. The number of unbranched alkanes of at least 4 members (excludes halogenated alkanes) is 1. The average Bonchev–Trinajstić information content (AvgIpc) is 2.61. The van der Waals surface area contributed by atoms with Crippen LogP contribution in [0.25, 0.3) is 0 Å². The first-order valence-electron chi connectivity index (χ1n) is 7.69. The Morgan fingerprint density at radius 2 is 1.04 bits per heavy atom. The first kappa shape index (κ1) is 18.9. The largest absolute Gasteiger partial charge is 0.462 e. The highest BCUT2D eigenvalue weighted by atomic mass is 16.5. The molecule has 0 N–H and O–H groups in total. The van der Waals surface area contributed by atoms with E-state index < -0.39 is 35.1 Å². The lowest BCUT2D eigenvalue weighted by molar-refractivity contribution is -0.143. The Hall–Kier alpha value is -3.42. The van der Waals surface area contributed by atoms with Gasteiger partial charge in [0.1, 0.15) is 11.1 Å². The third-order valence-electron chi connectivity index (χ3n) is 3.35. The quantitative estimate of drug-likeness (QED) is 0.272. The van der Waals surface area contributed by atoms with Crippen molar-refractivity contribution in [2.75, 3.05) is 13.2 Å². The number of carbonyl (C=O) groups excluding carboxylic acids is 6. The van der Waals surface area contributed by atoms with E-state index in [1.165, 1.54) is 0 Å². The number of rotatable bonds is 7. The summed E-state index contributed by atoms with van der Waals surface area (Å²) in [6.07, 6.45) is 6.60. The lowest BCUT2D eigenvalue weighted by Crippen LogP contribution is -2.20. The molecule has 0 spiro atoms. The Kier molecular flexibility index (Phi) is 6.26. The maximum absolute atomic E-state index is 11.7. The molecule has 2 rings (SSSR count). The summed E-state index contributed by atoms with van der Waals surface area (Å²) in [6, 6.07) is 0. The van der Waals surface area contributed by atoms with Crippen LogP contribution >= 0.6 is 0 Å².